The molecule has 2 aromatic carbocycles. The Morgan fingerprint density at radius 3 is 2.76 bits per heavy atom. The first kappa shape index (κ1) is 19.3. The van der Waals surface area contributed by atoms with Crippen LogP contribution in [0, 0.1) is 0 Å². The first-order valence-electron chi connectivity index (χ1n) is 9.29. The van der Waals surface area contributed by atoms with E-state index < -0.39 is 10.0 Å². The minimum absolute atomic E-state index is 0.141. The number of sulfonamides is 1. The molecule has 29 heavy (non-hydrogen) atoms. The maximum absolute atomic E-state index is 12.3. The minimum atomic E-state index is -3.57. The number of carbonyl (C=O) groups excluding carboxylic acids is 1. The molecule has 152 valence electrons. The van der Waals surface area contributed by atoms with Gasteiger partial charge in [-0.2, -0.15) is 0 Å². The van der Waals surface area contributed by atoms with Gasteiger partial charge in [-0.15, -0.1) is 0 Å². The summed E-state index contributed by atoms with van der Waals surface area (Å²) in [7, 11) is -3.57. The summed E-state index contributed by atoms with van der Waals surface area (Å²) in [4.78, 5) is 16.8. The van der Waals surface area contributed by atoms with Gasteiger partial charge in [0.1, 0.15) is 19.0 Å². The minimum Gasteiger partial charge on any atom is -0.486 e. The molecular weight excluding hydrogens is 394 g/mol. The van der Waals surface area contributed by atoms with E-state index in [1.165, 1.54) is 6.07 Å². The van der Waals surface area contributed by atoms with E-state index in [1.54, 1.807) is 18.2 Å². The Morgan fingerprint density at radius 1 is 1.17 bits per heavy atom. The van der Waals surface area contributed by atoms with Crippen molar-refractivity contribution in [2.75, 3.05) is 19.8 Å². The predicted octanol–water partition coefficient (Wildman–Crippen LogP) is 1.76. The molecule has 8 nitrogen and oxygen atoms in total. The van der Waals surface area contributed by atoms with Gasteiger partial charge in [-0.3, -0.25) is 14.5 Å². The standard InChI is InChI=1S/C20H21N3O5S/c1-13(14-6-7-16-17(12-14)28-11-10-27-16)22-19(24)8-9-21-20-15-4-2-3-5-18(15)29(25,26)23-20/h2-7,12-13H,8-11H2,1H3,(H,21,23)(H,22,24)/t13-/m0/s1. The van der Waals surface area contributed by atoms with Crippen molar-refractivity contribution < 1.29 is 22.7 Å². The van der Waals surface area contributed by atoms with Crippen LogP contribution in [-0.4, -0.2) is 39.9 Å². The van der Waals surface area contributed by atoms with E-state index >= 15 is 0 Å². The van der Waals surface area contributed by atoms with E-state index in [4.69, 9.17) is 9.47 Å². The van der Waals surface area contributed by atoms with E-state index in [1.807, 2.05) is 25.1 Å². The third-order valence-electron chi connectivity index (χ3n) is 4.72. The molecule has 0 bridgehead atoms. The van der Waals surface area contributed by atoms with Gasteiger partial charge < -0.3 is 14.8 Å². The SMILES string of the molecule is C[C@H](NC(=O)CCN=C1NS(=O)(=O)c2ccccc21)c1ccc2c(c1)OCCO2. The highest BCUT2D eigenvalue weighted by Gasteiger charge is 2.30. The van der Waals surface area contributed by atoms with Gasteiger partial charge in [0, 0.05) is 12.0 Å². The summed E-state index contributed by atoms with van der Waals surface area (Å²) in [6.45, 7) is 3.09. The van der Waals surface area contributed by atoms with Gasteiger partial charge in [-0.05, 0) is 36.8 Å². The molecule has 2 heterocycles. The summed E-state index contributed by atoms with van der Waals surface area (Å²) in [5.41, 5.74) is 1.43. The van der Waals surface area contributed by atoms with Crippen LogP contribution in [0.4, 0.5) is 0 Å². The Bertz CT molecular complexity index is 1080. The normalized spacial score (nSPS) is 18.6. The Morgan fingerprint density at radius 2 is 1.93 bits per heavy atom. The number of nitrogens with zero attached hydrogens (tertiary/aromatic N) is 1. The highest BCUT2D eigenvalue weighted by molar-refractivity contribution is 7.90. The van der Waals surface area contributed by atoms with E-state index in [-0.39, 0.29) is 35.6 Å². The predicted molar refractivity (Wildman–Crippen MR) is 107 cm³/mol. The lowest BCUT2D eigenvalue weighted by molar-refractivity contribution is -0.121. The van der Waals surface area contributed by atoms with Gasteiger partial charge in [0.25, 0.3) is 10.0 Å². The van der Waals surface area contributed by atoms with Crippen molar-refractivity contribution in [1.29, 1.82) is 0 Å². The molecule has 0 aliphatic carbocycles. The number of hydrogen-bond donors (Lipinski definition) is 2. The van der Waals surface area contributed by atoms with Gasteiger partial charge in [0.05, 0.1) is 17.5 Å². The molecule has 0 spiro atoms. The van der Waals surface area contributed by atoms with Gasteiger partial charge in [-0.1, -0.05) is 18.2 Å². The Hall–Kier alpha value is -3.07. The Labute approximate surface area is 169 Å². The highest BCUT2D eigenvalue weighted by Crippen LogP contribution is 2.32. The van der Waals surface area contributed by atoms with Crippen molar-refractivity contribution in [1.82, 2.24) is 10.0 Å². The third kappa shape index (κ3) is 4.04. The van der Waals surface area contributed by atoms with Gasteiger partial charge in [0.2, 0.25) is 5.91 Å². The zero-order chi connectivity index (χ0) is 20.4. The van der Waals surface area contributed by atoms with Crippen LogP contribution in [0.15, 0.2) is 52.4 Å². The molecule has 4 rings (SSSR count). The smallest absolute Gasteiger partial charge is 0.263 e. The maximum Gasteiger partial charge on any atom is 0.263 e. The molecule has 2 aliphatic rings. The van der Waals surface area contributed by atoms with Crippen LogP contribution < -0.4 is 19.5 Å². The quantitative estimate of drug-likeness (QED) is 0.774. The molecule has 2 aromatic rings. The topological polar surface area (TPSA) is 106 Å². The van der Waals surface area contributed by atoms with E-state index in [9.17, 15) is 13.2 Å². The lowest BCUT2D eigenvalue weighted by atomic mass is 10.1. The Kier molecular flexibility index (Phi) is 5.14. The number of amidine groups is 1. The summed E-state index contributed by atoms with van der Waals surface area (Å²) in [6, 6.07) is 12.0. The average molecular weight is 415 g/mol. The molecule has 0 saturated carbocycles. The summed E-state index contributed by atoms with van der Waals surface area (Å²) in [5.74, 6) is 1.47. The van der Waals surface area contributed by atoms with Crippen LogP contribution in [0.2, 0.25) is 0 Å². The molecule has 0 saturated heterocycles. The van der Waals surface area contributed by atoms with Crippen molar-refractivity contribution in [3.8, 4) is 11.5 Å². The number of amides is 1. The number of hydrogen-bond acceptors (Lipinski definition) is 6. The lowest BCUT2D eigenvalue weighted by Crippen LogP contribution is -2.28. The van der Waals surface area contributed by atoms with Crippen LogP contribution in [0.1, 0.15) is 30.5 Å². The molecule has 2 aliphatic heterocycles. The second kappa shape index (κ2) is 7.75. The maximum atomic E-state index is 12.3. The molecule has 1 amide bonds. The number of ether oxygens (including phenoxy) is 2. The number of benzene rings is 2. The third-order valence-corrected chi connectivity index (χ3v) is 6.11. The molecule has 1 atom stereocenters. The van der Waals surface area contributed by atoms with E-state index in [0.29, 0.717) is 30.3 Å². The molecule has 0 unspecified atom stereocenters. The molecule has 0 fully saturated rings. The fourth-order valence-electron chi connectivity index (χ4n) is 3.25. The lowest BCUT2D eigenvalue weighted by Gasteiger charge is -2.21. The Balaban J connectivity index is 1.36. The summed E-state index contributed by atoms with van der Waals surface area (Å²) >= 11 is 0. The van der Waals surface area contributed by atoms with E-state index in [2.05, 4.69) is 15.0 Å². The highest BCUT2D eigenvalue weighted by atomic mass is 32.2. The number of fused-ring (bicyclic) bond motifs is 2. The van der Waals surface area contributed by atoms with E-state index in [0.717, 1.165) is 5.56 Å². The second-order valence-corrected chi connectivity index (χ2v) is 8.43. The van der Waals surface area contributed by atoms with Crippen LogP contribution in [-0.2, 0) is 14.8 Å². The van der Waals surface area contributed by atoms with Gasteiger partial charge in [-0.25, -0.2) is 8.42 Å². The molecule has 9 heteroatoms. The fraction of sp³-hybridized carbons (Fsp3) is 0.300. The van der Waals surface area contributed by atoms with Crippen LogP contribution >= 0.6 is 0 Å². The molecule has 0 radical (unpaired) electrons. The summed E-state index contributed by atoms with van der Waals surface area (Å²) in [5, 5.41) is 2.92. The number of nitrogens with one attached hydrogen (secondary N) is 2. The second-order valence-electron chi connectivity index (χ2n) is 6.77. The molecule has 2 N–H and O–H groups in total. The molecule has 0 aromatic heterocycles. The summed E-state index contributed by atoms with van der Waals surface area (Å²) in [6.07, 6.45) is 0.141. The number of rotatable bonds is 5. The van der Waals surface area contributed by atoms with Crippen molar-refractivity contribution in [2.24, 2.45) is 4.99 Å². The fourth-order valence-corrected chi connectivity index (χ4v) is 4.50. The van der Waals surface area contributed by atoms with Crippen LogP contribution in [0.3, 0.4) is 0 Å². The van der Waals surface area contributed by atoms with Crippen molar-refractivity contribution >= 4 is 21.8 Å². The monoisotopic (exact) mass is 415 g/mol. The van der Waals surface area contributed by atoms with Crippen LogP contribution in [0.25, 0.3) is 0 Å². The van der Waals surface area contributed by atoms with Crippen molar-refractivity contribution in [2.45, 2.75) is 24.3 Å². The number of carbonyl (C=O) groups is 1. The first-order chi connectivity index (χ1) is 13.9. The van der Waals surface area contributed by atoms with Crippen LogP contribution in [0.5, 0.6) is 11.5 Å². The first-order valence-corrected chi connectivity index (χ1v) is 10.8. The zero-order valence-corrected chi connectivity index (χ0v) is 16.7. The largest absolute Gasteiger partial charge is 0.486 e. The summed E-state index contributed by atoms with van der Waals surface area (Å²) < 4.78 is 37.7. The van der Waals surface area contributed by atoms with Crippen molar-refractivity contribution in [3.05, 3.63) is 53.6 Å². The average Bonchev–Trinajstić information content (AvgIpc) is 2.98. The van der Waals surface area contributed by atoms with Gasteiger partial charge >= 0.3 is 0 Å². The molecular formula is C20H21N3O5S. The van der Waals surface area contributed by atoms with Crippen molar-refractivity contribution in [3.63, 3.8) is 0 Å². The zero-order valence-electron chi connectivity index (χ0n) is 15.8. The van der Waals surface area contributed by atoms with Gasteiger partial charge in [0.15, 0.2) is 11.5 Å². The number of aliphatic imine (C=N–C) groups is 1.